The van der Waals surface area contributed by atoms with E-state index in [4.69, 9.17) is 9.47 Å². The van der Waals surface area contributed by atoms with Gasteiger partial charge in [-0.15, -0.1) is 0 Å². The van der Waals surface area contributed by atoms with Crippen LogP contribution in [0.4, 0.5) is 0 Å². The summed E-state index contributed by atoms with van der Waals surface area (Å²) in [6.07, 6.45) is 2.75. The molecule has 1 spiro atoms. The molecule has 3 fully saturated rings. The van der Waals surface area contributed by atoms with Crippen LogP contribution in [-0.2, 0) is 9.47 Å². The van der Waals surface area contributed by atoms with Gasteiger partial charge >= 0.3 is 0 Å². The van der Waals surface area contributed by atoms with Crippen molar-refractivity contribution in [2.45, 2.75) is 53.2 Å². The molecule has 98 valence electrons. The molecule has 0 radical (unpaired) electrons. The van der Waals surface area contributed by atoms with Gasteiger partial charge in [0.15, 0.2) is 5.79 Å². The normalized spacial score (nSPS) is 45.4. The third-order valence-corrected chi connectivity index (χ3v) is 5.94. The van der Waals surface area contributed by atoms with Crippen molar-refractivity contribution < 1.29 is 9.47 Å². The fourth-order valence-electron chi connectivity index (χ4n) is 4.61. The lowest BCUT2D eigenvalue weighted by molar-refractivity contribution is -0.302. The van der Waals surface area contributed by atoms with Crippen molar-refractivity contribution in [3.63, 3.8) is 0 Å². The molecule has 0 aromatic carbocycles. The van der Waals surface area contributed by atoms with Crippen LogP contribution in [0.5, 0.6) is 0 Å². The molecular formula is C15H26O2. The molecular weight excluding hydrogens is 212 g/mol. The summed E-state index contributed by atoms with van der Waals surface area (Å²) >= 11 is 0. The molecule has 0 bridgehead atoms. The summed E-state index contributed by atoms with van der Waals surface area (Å²) in [6, 6.07) is 0. The second-order valence-corrected chi connectivity index (χ2v) is 7.59. The molecule has 0 aromatic rings. The van der Waals surface area contributed by atoms with Crippen LogP contribution in [0.25, 0.3) is 0 Å². The van der Waals surface area contributed by atoms with E-state index in [1.807, 2.05) is 13.8 Å². The van der Waals surface area contributed by atoms with Crippen LogP contribution in [0, 0.1) is 28.6 Å². The number of fused-ring (bicyclic) bond motifs is 2. The van der Waals surface area contributed by atoms with E-state index in [-0.39, 0.29) is 5.79 Å². The number of ether oxygens (including phenoxy) is 2. The molecule has 2 aliphatic carbocycles. The van der Waals surface area contributed by atoms with Crippen LogP contribution in [0.2, 0.25) is 0 Å². The monoisotopic (exact) mass is 238 g/mol. The van der Waals surface area contributed by atoms with Gasteiger partial charge < -0.3 is 9.47 Å². The minimum atomic E-state index is -0.378. The molecule has 3 aliphatic rings. The smallest absolute Gasteiger partial charge is 0.162 e. The molecule has 0 aromatic heterocycles. The molecule has 2 heteroatoms. The van der Waals surface area contributed by atoms with E-state index in [9.17, 15) is 0 Å². The SMILES string of the molecule is C[C@H]1CC[C@@H]2[C@@H](C2(C)C)C12COC(C)(C)OC2. The van der Waals surface area contributed by atoms with Gasteiger partial charge in [0.2, 0.25) is 0 Å². The Morgan fingerprint density at radius 1 is 0.941 bits per heavy atom. The predicted octanol–water partition coefficient (Wildman–Crippen LogP) is 3.46. The summed E-state index contributed by atoms with van der Waals surface area (Å²) in [4.78, 5) is 0. The number of hydrogen-bond acceptors (Lipinski definition) is 2. The van der Waals surface area contributed by atoms with Gasteiger partial charge in [-0.25, -0.2) is 0 Å². The third-order valence-electron chi connectivity index (χ3n) is 5.94. The molecule has 0 N–H and O–H groups in total. The Bertz CT molecular complexity index is 322. The zero-order chi connectivity index (χ0) is 12.5. The average molecular weight is 238 g/mol. The lowest BCUT2D eigenvalue weighted by atomic mass is 9.66. The van der Waals surface area contributed by atoms with Gasteiger partial charge in [0.05, 0.1) is 13.2 Å². The molecule has 1 heterocycles. The van der Waals surface area contributed by atoms with Gasteiger partial charge in [-0.3, -0.25) is 0 Å². The Balaban J connectivity index is 1.86. The quantitative estimate of drug-likeness (QED) is 0.643. The van der Waals surface area contributed by atoms with Gasteiger partial charge in [0.1, 0.15) is 0 Å². The fraction of sp³-hybridized carbons (Fsp3) is 1.00. The van der Waals surface area contributed by atoms with Gasteiger partial charge in [-0.2, -0.15) is 0 Å². The second kappa shape index (κ2) is 3.27. The fourth-order valence-corrected chi connectivity index (χ4v) is 4.61. The molecule has 0 amide bonds. The topological polar surface area (TPSA) is 18.5 Å². The predicted molar refractivity (Wildman–Crippen MR) is 67.6 cm³/mol. The highest BCUT2D eigenvalue weighted by atomic mass is 16.7. The average Bonchev–Trinajstić information content (AvgIpc) is 2.80. The van der Waals surface area contributed by atoms with Gasteiger partial charge in [-0.1, -0.05) is 20.8 Å². The van der Waals surface area contributed by atoms with Crippen LogP contribution in [-0.4, -0.2) is 19.0 Å². The summed E-state index contributed by atoms with van der Waals surface area (Å²) in [5.74, 6) is 2.08. The summed E-state index contributed by atoms with van der Waals surface area (Å²) in [6.45, 7) is 13.1. The second-order valence-electron chi connectivity index (χ2n) is 7.59. The zero-order valence-corrected chi connectivity index (χ0v) is 11.9. The maximum Gasteiger partial charge on any atom is 0.162 e. The van der Waals surface area contributed by atoms with Crippen LogP contribution >= 0.6 is 0 Å². The molecule has 1 aliphatic heterocycles. The Hall–Kier alpha value is -0.0800. The Morgan fingerprint density at radius 2 is 1.53 bits per heavy atom. The molecule has 2 nitrogen and oxygen atoms in total. The van der Waals surface area contributed by atoms with Crippen LogP contribution in [0.1, 0.15) is 47.5 Å². The zero-order valence-electron chi connectivity index (χ0n) is 11.9. The van der Waals surface area contributed by atoms with Gasteiger partial charge in [0.25, 0.3) is 0 Å². The van der Waals surface area contributed by atoms with Crippen molar-refractivity contribution in [1.82, 2.24) is 0 Å². The molecule has 3 rings (SSSR count). The highest BCUT2D eigenvalue weighted by Crippen LogP contribution is 2.73. The van der Waals surface area contributed by atoms with Crippen molar-refractivity contribution in [2.75, 3.05) is 13.2 Å². The highest BCUT2D eigenvalue weighted by Gasteiger charge is 2.70. The molecule has 1 saturated heterocycles. The van der Waals surface area contributed by atoms with Crippen molar-refractivity contribution >= 4 is 0 Å². The Labute approximate surface area is 105 Å². The van der Waals surface area contributed by atoms with E-state index in [2.05, 4.69) is 20.8 Å². The van der Waals surface area contributed by atoms with Crippen molar-refractivity contribution in [1.29, 1.82) is 0 Å². The minimum Gasteiger partial charge on any atom is -0.350 e. The van der Waals surface area contributed by atoms with Crippen molar-refractivity contribution in [3.05, 3.63) is 0 Å². The highest BCUT2D eigenvalue weighted by molar-refractivity contribution is 5.17. The Kier molecular flexibility index (Phi) is 2.30. The summed E-state index contributed by atoms with van der Waals surface area (Å²) in [5.41, 5.74) is 0.806. The van der Waals surface area contributed by atoms with Gasteiger partial charge in [0, 0.05) is 5.41 Å². The first-order chi connectivity index (χ1) is 7.80. The van der Waals surface area contributed by atoms with Crippen molar-refractivity contribution in [2.24, 2.45) is 28.6 Å². The maximum absolute atomic E-state index is 6.00. The lowest BCUT2D eigenvalue weighted by Crippen LogP contribution is -2.52. The summed E-state index contributed by atoms with van der Waals surface area (Å²) in [7, 11) is 0. The van der Waals surface area contributed by atoms with E-state index in [0.29, 0.717) is 10.8 Å². The summed E-state index contributed by atoms with van der Waals surface area (Å²) in [5, 5.41) is 0. The largest absolute Gasteiger partial charge is 0.350 e. The Morgan fingerprint density at radius 3 is 2.12 bits per heavy atom. The standard InChI is InChI=1S/C15H26O2/c1-10-6-7-11-12(13(11,2)3)15(10)8-16-14(4,5)17-9-15/h10-12H,6-9H2,1-5H3/t10-,11+,12-/m0/s1. The van der Waals surface area contributed by atoms with E-state index in [1.165, 1.54) is 12.8 Å². The van der Waals surface area contributed by atoms with Crippen molar-refractivity contribution in [3.8, 4) is 0 Å². The number of hydrogen-bond donors (Lipinski definition) is 0. The molecule has 2 saturated carbocycles. The lowest BCUT2D eigenvalue weighted by Gasteiger charge is -2.49. The van der Waals surface area contributed by atoms with E-state index in [0.717, 1.165) is 31.0 Å². The molecule has 3 atom stereocenters. The summed E-state index contributed by atoms with van der Waals surface area (Å²) < 4.78 is 12.0. The first-order valence-electron chi connectivity index (χ1n) is 7.07. The van der Waals surface area contributed by atoms with Crippen LogP contribution in [0.15, 0.2) is 0 Å². The third kappa shape index (κ3) is 1.53. The van der Waals surface area contributed by atoms with Crippen LogP contribution < -0.4 is 0 Å². The van der Waals surface area contributed by atoms with E-state index < -0.39 is 0 Å². The first kappa shape index (κ1) is 12.0. The number of rotatable bonds is 0. The molecule has 0 unspecified atom stereocenters. The van der Waals surface area contributed by atoms with Crippen LogP contribution in [0.3, 0.4) is 0 Å². The molecule has 17 heavy (non-hydrogen) atoms. The minimum absolute atomic E-state index is 0.294. The van der Waals surface area contributed by atoms with E-state index >= 15 is 0 Å². The van der Waals surface area contributed by atoms with E-state index in [1.54, 1.807) is 0 Å². The maximum atomic E-state index is 6.00. The van der Waals surface area contributed by atoms with Gasteiger partial charge in [-0.05, 0) is 49.9 Å². The first-order valence-corrected chi connectivity index (χ1v) is 7.07.